The summed E-state index contributed by atoms with van der Waals surface area (Å²) in [6.45, 7) is 4.05. The van der Waals surface area contributed by atoms with Gasteiger partial charge in [0.15, 0.2) is 0 Å². The molecule has 1 atom stereocenters. The number of sulfonamides is 1. The summed E-state index contributed by atoms with van der Waals surface area (Å²) < 4.78 is 26.2. The zero-order chi connectivity index (χ0) is 24.0. The van der Waals surface area contributed by atoms with Gasteiger partial charge in [0.25, 0.3) is 0 Å². The van der Waals surface area contributed by atoms with Crippen LogP contribution < -0.4 is 9.62 Å². The van der Waals surface area contributed by atoms with Crippen molar-refractivity contribution in [1.29, 1.82) is 0 Å². The molecule has 33 heavy (non-hydrogen) atoms. The van der Waals surface area contributed by atoms with Crippen molar-refractivity contribution in [1.82, 2.24) is 5.32 Å². The van der Waals surface area contributed by atoms with Crippen molar-refractivity contribution in [3.63, 3.8) is 0 Å². The number of aryl methyl sites for hydroxylation is 2. The van der Waals surface area contributed by atoms with Crippen molar-refractivity contribution in [2.24, 2.45) is 0 Å². The molecule has 0 aliphatic carbocycles. The van der Waals surface area contributed by atoms with Crippen LogP contribution in [-0.2, 0) is 14.8 Å². The fraction of sp³-hybridized carbons (Fsp3) is 0.269. The molecule has 0 saturated carbocycles. The summed E-state index contributed by atoms with van der Waals surface area (Å²) in [4.78, 5) is 12.9. The third-order valence-electron chi connectivity index (χ3n) is 5.45. The Balaban J connectivity index is 1.71. The molecule has 7 heteroatoms. The number of carbonyl (C=O) groups is 1. The second kappa shape index (κ2) is 10.9. The molecule has 0 bridgehead atoms. The van der Waals surface area contributed by atoms with E-state index in [2.05, 4.69) is 5.32 Å². The lowest BCUT2D eigenvalue weighted by Crippen LogP contribution is -2.33. The molecule has 0 saturated heterocycles. The van der Waals surface area contributed by atoms with E-state index < -0.39 is 10.0 Å². The van der Waals surface area contributed by atoms with Crippen molar-refractivity contribution in [3.8, 4) is 0 Å². The standard InChI is InChI=1S/C26H29ClN2O3S/c1-19-11-14-22(15-12-19)26(21-8-5-4-6-9-21)28-25(30)10-7-17-29(33(3,31)32)24-18-23(27)16-13-20(24)2/h4-6,8-9,11-16,18,26H,7,10,17H2,1-3H3,(H,28,30). The van der Waals surface area contributed by atoms with Gasteiger partial charge in [0, 0.05) is 18.0 Å². The van der Waals surface area contributed by atoms with Crippen LogP contribution in [0.25, 0.3) is 0 Å². The predicted octanol–water partition coefficient (Wildman–Crippen LogP) is 5.41. The van der Waals surface area contributed by atoms with Gasteiger partial charge in [-0.25, -0.2) is 8.42 Å². The first-order valence-electron chi connectivity index (χ1n) is 10.8. The first-order chi connectivity index (χ1) is 15.6. The lowest BCUT2D eigenvalue weighted by Gasteiger charge is -2.25. The number of hydrogen-bond donors (Lipinski definition) is 1. The van der Waals surface area contributed by atoms with E-state index in [-0.39, 0.29) is 24.9 Å². The molecule has 3 rings (SSSR count). The zero-order valence-corrected chi connectivity index (χ0v) is 20.7. The highest BCUT2D eigenvalue weighted by Gasteiger charge is 2.21. The van der Waals surface area contributed by atoms with Gasteiger partial charge in [0.2, 0.25) is 15.9 Å². The Bertz CT molecular complexity index is 1200. The van der Waals surface area contributed by atoms with Crippen LogP contribution in [0.5, 0.6) is 0 Å². The lowest BCUT2D eigenvalue weighted by molar-refractivity contribution is -0.121. The molecule has 0 aliphatic heterocycles. The summed E-state index contributed by atoms with van der Waals surface area (Å²) in [5.41, 5.74) is 4.47. The highest BCUT2D eigenvalue weighted by atomic mass is 35.5. The average molecular weight is 485 g/mol. The van der Waals surface area contributed by atoms with Crippen molar-refractivity contribution in [2.75, 3.05) is 17.1 Å². The number of nitrogens with zero attached hydrogens (tertiary/aromatic N) is 1. The Morgan fingerprint density at radius 2 is 1.61 bits per heavy atom. The van der Waals surface area contributed by atoms with Gasteiger partial charge in [-0.2, -0.15) is 0 Å². The summed E-state index contributed by atoms with van der Waals surface area (Å²) in [5.74, 6) is -0.138. The van der Waals surface area contributed by atoms with Crippen LogP contribution in [0.2, 0.25) is 5.02 Å². The number of hydrogen-bond acceptors (Lipinski definition) is 3. The van der Waals surface area contributed by atoms with Crippen LogP contribution in [0.1, 0.15) is 41.1 Å². The molecule has 3 aromatic rings. The highest BCUT2D eigenvalue weighted by molar-refractivity contribution is 7.92. The van der Waals surface area contributed by atoms with Gasteiger partial charge >= 0.3 is 0 Å². The Morgan fingerprint density at radius 3 is 2.24 bits per heavy atom. The van der Waals surface area contributed by atoms with Crippen LogP contribution in [-0.4, -0.2) is 27.1 Å². The molecule has 174 valence electrons. The van der Waals surface area contributed by atoms with Crippen LogP contribution in [0, 0.1) is 13.8 Å². The minimum atomic E-state index is -3.53. The average Bonchev–Trinajstić information content (AvgIpc) is 2.77. The van der Waals surface area contributed by atoms with Gasteiger partial charge in [0.1, 0.15) is 0 Å². The van der Waals surface area contributed by atoms with E-state index in [0.717, 1.165) is 28.5 Å². The molecule has 0 spiro atoms. The SMILES string of the molecule is Cc1ccc(C(NC(=O)CCCN(c2cc(Cl)ccc2C)S(C)(=O)=O)c2ccccc2)cc1. The monoisotopic (exact) mass is 484 g/mol. The van der Waals surface area contributed by atoms with Gasteiger partial charge in [-0.15, -0.1) is 0 Å². The summed E-state index contributed by atoms with van der Waals surface area (Å²) in [6.07, 6.45) is 1.73. The molecule has 1 N–H and O–H groups in total. The fourth-order valence-electron chi connectivity index (χ4n) is 3.70. The molecule has 1 unspecified atom stereocenters. The first kappa shape index (κ1) is 24.8. The van der Waals surface area contributed by atoms with Gasteiger partial charge in [-0.05, 0) is 49.1 Å². The lowest BCUT2D eigenvalue weighted by atomic mass is 9.97. The molecule has 0 aliphatic rings. The van der Waals surface area contributed by atoms with Gasteiger partial charge in [-0.1, -0.05) is 77.8 Å². The maximum Gasteiger partial charge on any atom is 0.232 e. The number of anilines is 1. The van der Waals surface area contributed by atoms with E-state index in [1.807, 2.05) is 68.4 Å². The van der Waals surface area contributed by atoms with E-state index in [0.29, 0.717) is 17.1 Å². The quantitative estimate of drug-likeness (QED) is 0.441. The Hall–Kier alpha value is -2.83. The highest BCUT2D eigenvalue weighted by Crippen LogP contribution is 2.27. The number of carbonyl (C=O) groups excluding carboxylic acids is 1. The molecule has 0 radical (unpaired) electrons. The first-order valence-corrected chi connectivity index (χ1v) is 13.0. The topological polar surface area (TPSA) is 66.5 Å². The van der Waals surface area contributed by atoms with E-state index >= 15 is 0 Å². The molecule has 1 amide bonds. The predicted molar refractivity (Wildman–Crippen MR) is 135 cm³/mol. The van der Waals surface area contributed by atoms with Crippen LogP contribution in [0.3, 0.4) is 0 Å². The molecule has 0 aromatic heterocycles. The Kier molecular flexibility index (Phi) is 8.16. The molecular weight excluding hydrogens is 456 g/mol. The molecular formula is C26H29ClN2O3S. The maximum absolute atomic E-state index is 12.9. The van der Waals surface area contributed by atoms with Gasteiger partial charge < -0.3 is 5.32 Å². The summed E-state index contributed by atoms with van der Waals surface area (Å²) in [6, 6.07) is 22.7. The van der Waals surface area contributed by atoms with E-state index in [1.165, 1.54) is 4.31 Å². The number of amides is 1. The molecule has 0 fully saturated rings. The second-order valence-corrected chi connectivity index (χ2v) is 10.5. The largest absolute Gasteiger partial charge is 0.345 e. The second-order valence-electron chi connectivity index (χ2n) is 8.19. The molecule has 3 aromatic carbocycles. The van der Waals surface area contributed by atoms with E-state index in [9.17, 15) is 13.2 Å². The molecule has 5 nitrogen and oxygen atoms in total. The van der Waals surface area contributed by atoms with Crippen molar-refractivity contribution in [3.05, 3.63) is 100 Å². The smallest absolute Gasteiger partial charge is 0.232 e. The minimum Gasteiger partial charge on any atom is -0.345 e. The van der Waals surface area contributed by atoms with E-state index in [4.69, 9.17) is 11.6 Å². The van der Waals surface area contributed by atoms with Gasteiger partial charge in [-0.3, -0.25) is 9.10 Å². The third kappa shape index (κ3) is 6.83. The summed E-state index contributed by atoms with van der Waals surface area (Å²) >= 11 is 6.09. The number of benzene rings is 3. The van der Waals surface area contributed by atoms with Crippen molar-refractivity contribution >= 4 is 33.2 Å². The zero-order valence-electron chi connectivity index (χ0n) is 19.1. The number of rotatable bonds is 9. The van der Waals surface area contributed by atoms with Crippen molar-refractivity contribution < 1.29 is 13.2 Å². The minimum absolute atomic E-state index is 0.138. The van der Waals surface area contributed by atoms with Gasteiger partial charge in [0.05, 0.1) is 18.0 Å². The van der Waals surface area contributed by atoms with Crippen LogP contribution >= 0.6 is 11.6 Å². The number of halogens is 1. The fourth-order valence-corrected chi connectivity index (χ4v) is 4.88. The summed E-state index contributed by atoms with van der Waals surface area (Å²) in [5, 5.41) is 3.58. The Labute approximate surface area is 201 Å². The number of nitrogens with one attached hydrogen (secondary N) is 1. The normalized spacial score (nSPS) is 12.2. The van der Waals surface area contributed by atoms with E-state index in [1.54, 1.807) is 18.2 Å². The molecule has 0 heterocycles. The van der Waals surface area contributed by atoms with Crippen LogP contribution in [0.15, 0.2) is 72.8 Å². The van der Waals surface area contributed by atoms with Crippen molar-refractivity contribution in [2.45, 2.75) is 32.7 Å². The third-order valence-corrected chi connectivity index (χ3v) is 6.87. The van der Waals surface area contributed by atoms with Crippen LogP contribution in [0.4, 0.5) is 5.69 Å². The Morgan fingerprint density at radius 1 is 0.970 bits per heavy atom. The summed E-state index contributed by atoms with van der Waals surface area (Å²) in [7, 11) is -3.53. The maximum atomic E-state index is 12.9.